The number of ether oxygens (including phenoxy) is 2. The van der Waals surface area contributed by atoms with Gasteiger partial charge in [0.05, 0.1) is 13.2 Å². The summed E-state index contributed by atoms with van der Waals surface area (Å²) < 4.78 is 12.9. The number of hydrogen-bond acceptors (Lipinski definition) is 3. The monoisotopic (exact) mass is 463 g/mol. The molecule has 1 aliphatic heterocycles. The van der Waals surface area contributed by atoms with Crippen LogP contribution < -0.4 is 14.8 Å². The van der Waals surface area contributed by atoms with E-state index in [1.807, 2.05) is 18.2 Å². The van der Waals surface area contributed by atoms with Gasteiger partial charge < -0.3 is 14.8 Å². The van der Waals surface area contributed by atoms with Crippen LogP contribution >= 0.6 is 15.9 Å². The molecule has 0 saturated heterocycles. The van der Waals surface area contributed by atoms with Crippen molar-refractivity contribution in [2.24, 2.45) is 0 Å². The van der Waals surface area contributed by atoms with E-state index in [2.05, 4.69) is 82.8 Å². The summed E-state index contributed by atoms with van der Waals surface area (Å²) in [6, 6.07) is 21.0. The predicted octanol–water partition coefficient (Wildman–Crippen LogP) is 6.25. The number of hydrogen-bond donors (Lipinski definition) is 1. The van der Waals surface area contributed by atoms with Crippen molar-refractivity contribution in [3.63, 3.8) is 0 Å². The molecule has 0 radical (unpaired) electrons. The summed E-state index contributed by atoms with van der Waals surface area (Å²) >= 11 is 3.57. The second kappa shape index (κ2) is 9.50. The van der Waals surface area contributed by atoms with Gasteiger partial charge in [-0.25, -0.2) is 0 Å². The van der Waals surface area contributed by atoms with Crippen LogP contribution in [0.15, 0.2) is 71.2 Å². The second-order valence-corrected chi connectivity index (χ2v) is 8.43. The van der Waals surface area contributed by atoms with E-state index in [1.54, 1.807) is 7.11 Å². The van der Waals surface area contributed by atoms with Gasteiger partial charge in [0.15, 0.2) is 11.5 Å². The van der Waals surface area contributed by atoms with Crippen LogP contribution in [-0.2, 0) is 13.0 Å². The van der Waals surface area contributed by atoms with E-state index < -0.39 is 0 Å². The molecule has 0 amide bonds. The third-order valence-corrected chi connectivity index (χ3v) is 5.96. The molecule has 0 fully saturated rings. The molecule has 30 heavy (non-hydrogen) atoms. The summed E-state index contributed by atoms with van der Waals surface area (Å²) in [5, 5.41) is 3.61. The lowest BCUT2D eigenvalue weighted by atomic mass is 9.92. The molecule has 1 aliphatic rings. The summed E-state index contributed by atoms with van der Waals surface area (Å²) in [6.45, 7) is 3.59. The molecule has 3 nitrogen and oxygen atoms in total. The first-order chi connectivity index (χ1) is 14.6. The summed E-state index contributed by atoms with van der Waals surface area (Å²) in [4.78, 5) is 0. The Labute approximate surface area is 186 Å². The highest BCUT2D eigenvalue weighted by atomic mass is 79.9. The molecule has 0 aliphatic carbocycles. The van der Waals surface area contributed by atoms with Crippen molar-refractivity contribution in [1.29, 1.82) is 0 Å². The molecule has 3 aromatic rings. The van der Waals surface area contributed by atoms with Crippen LogP contribution in [0, 0.1) is 6.92 Å². The third-order valence-electron chi connectivity index (χ3n) is 5.47. The molecule has 0 saturated carbocycles. The molecule has 4 heteroatoms. The number of benzene rings is 3. The van der Waals surface area contributed by atoms with Gasteiger partial charge >= 0.3 is 0 Å². The maximum Gasteiger partial charge on any atom is 0.161 e. The third kappa shape index (κ3) is 4.77. The van der Waals surface area contributed by atoms with E-state index in [0.29, 0.717) is 6.61 Å². The van der Waals surface area contributed by atoms with E-state index in [9.17, 15) is 0 Å². The van der Waals surface area contributed by atoms with Crippen molar-refractivity contribution in [2.75, 3.05) is 13.7 Å². The Kier molecular flexibility index (Phi) is 6.56. The zero-order chi connectivity index (χ0) is 20.9. The summed E-state index contributed by atoms with van der Waals surface area (Å²) in [5.74, 6) is 1.57. The lowest BCUT2D eigenvalue weighted by Gasteiger charge is -2.26. The number of aryl methyl sites for hydroxylation is 1. The fourth-order valence-electron chi connectivity index (χ4n) is 3.77. The van der Waals surface area contributed by atoms with E-state index in [1.165, 1.54) is 22.3 Å². The van der Waals surface area contributed by atoms with Gasteiger partial charge in [-0.3, -0.25) is 0 Å². The molecule has 3 aromatic carbocycles. The van der Waals surface area contributed by atoms with Crippen molar-refractivity contribution in [3.05, 3.63) is 99.0 Å². The van der Waals surface area contributed by atoms with Crippen LogP contribution in [0.2, 0.25) is 0 Å². The van der Waals surface area contributed by atoms with E-state index in [0.717, 1.165) is 34.5 Å². The van der Waals surface area contributed by atoms with Crippen molar-refractivity contribution in [3.8, 4) is 11.5 Å². The number of nitrogens with one attached hydrogen (secondary N) is 1. The first-order valence-electron chi connectivity index (χ1n) is 10.2. The smallest absolute Gasteiger partial charge is 0.161 e. The van der Waals surface area contributed by atoms with Crippen LogP contribution in [0.3, 0.4) is 0 Å². The number of methoxy groups -OCH3 is 1. The largest absolute Gasteiger partial charge is 0.493 e. The number of fused-ring (bicyclic) bond motifs is 1. The van der Waals surface area contributed by atoms with Crippen molar-refractivity contribution < 1.29 is 9.47 Å². The normalized spacial score (nSPS) is 15.8. The Morgan fingerprint density at radius 1 is 1.07 bits per heavy atom. The molecular weight excluding hydrogens is 438 g/mol. The highest BCUT2D eigenvalue weighted by Gasteiger charge is 2.21. The fraction of sp³-hybridized carbons (Fsp3) is 0.231. The minimum absolute atomic E-state index is 0.143. The molecule has 4 rings (SSSR count). The highest BCUT2D eigenvalue weighted by molar-refractivity contribution is 9.10. The minimum Gasteiger partial charge on any atom is -0.493 e. The Balaban J connectivity index is 1.58. The minimum atomic E-state index is 0.143. The van der Waals surface area contributed by atoms with Gasteiger partial charge in [-0.05, 0) is 65.4 Å². The zero-order valence-corrected chi connectivity index (χ0v) is 18.9. The van der Waals surface area contributed by atoms with Gasteiger partial charge in [0.1, 0.15) is 6.61 Å². The number of rotatable bonds is 6. The van der Waals surface area contributed by atoms with E-state index in [4.69, 9.17) is 9.47 Å². The predicted molar refractivity (Wildman–Crippen MR) is 126 cm³/mol. The van der Waals surface area contributed by atoms with Crippen molar-refractivity contribution >= 4 is 22.0 Å². The molecule has 0 spiro atoms. The molecule has 0 aromatic heterocycles. The highest BCUT2D eigenvalue weighted by Crippen LogP contribution is 2.36. The molecule has 0 bridgehead atoms. The molecular formula is C26H26BrNO2. The van der Waals surface area contributed by atoms with Gasteiger partial charge in [0.2, 0.25) is 0 Å². The lowest BCUT2D eigenvalue weighted by molar-refractivity contribution is 0.283. The van der Waals surface area contributed by atoms with Crippen LogP contribution in [0.4, 0.5) is 0 Å². The summed E-state index contributed by atoms with van der Waals surface area (Å²) in [5.41, 5.74) is 6.16. The van der Waals surface area contributed by atoms with Gasteiger partial charge in [-0.15, -0.1) is 0 Å². The quantitative estimate of drug-likeness (QED) is 0.468. The fourth-order valence-corrected chi connectivity index (χ4v) is 4.15. The molecule has 1 N–H and O–H groups in total. The van der Waals surface area contributed by atoms with E-state index >= 15 is 0 Å². The second-order valence-electron chi connectivity index (χ2n) is 7.52. The van der Waals surface area contributed by atoms with Crippen molar-refractivity contribution in [1.82, 2.24) is 5.32 Å². The van der Waals surface area contributed by atoms with Gasteiger partial charge in [0.25, 0.3) is 0 Å². The van der Waals surface area contributed by atoms with E-state index in [-0.39, 0.29) is 6.04 Å². The van der Waals surface area contributed by atoms with Crippen LogP contribution in [0.25, 0.3) is 6.08 Å². The average Bonchev–Trinajstić information content (AvgIpc) is 2.78. The van der Waals surface area contributed by atoms with Gasteiger partial charge in [0, 0.05) is 11.0 Å². The first kappa shape index (κ1) is 20.7. The van der Waals surface area contributed by atoms with Crippen LogP contribution in [-0.4, -0.2) is 13.7 Å². The Bertz CT molecular complexity index is 1050. The Morgan fingerprint density at radius 3 is 2.70 bits per heavy atom. The van der Waals surface area contributed by atoms with Gasteiger partial charge in [-0.2, -0.15) is 0 Å². The Hall–Kier alpha value is -2.56. The van der Waals surface area contributed by atoms with Gasteiger partial charge in [-0.1, -0.05) is 64.5 Å². The van der Waals surface area contributed by atoms with Crippen LogP contribution in [0.5, 0.6) is 11.5 Å². The molecule has 1 unspecified atom stereocenters. The maximum absolute atomic E-state index is 6.10. The number of halogens is 1. The standard InChI is InChI=1S/C26H26BrNO2/c1-18-8-10-22(27)14-20(18)9-11-24-23-16-25(29-2)26(15-21(23)12-13-28-24)30-17-19-6-4-3-5-7-19/h3-11,14-16,24,28H,12-13,17H2,1-2H3/b11-9+. The lowest BCUT2D eigenvalue weighted by Crippen LogP contribution is -2.28. The van der Waals surface area contributed by atoms with Crippen LogP contribution in [0.1, 0.15) is 33.9 Å². The van der Waals surface area contributed by atoms with Crippen molar-refractivity contribution in [2.45, 2.75) is 26.0 Å². The Morgan fingerprint density at radius 2 is 1.90 bits per heavy atom. The first-order valence-corrected chi connectivity index (χ1v) is 11.0. The maximum atomic E-state index is 6.10. The average molecular weight is 464 g/mol. The zero-order valence-electron chi connectivity index (χ0n) is 17.3. The SMILES string of the molecule is COc1cc2c(cc1OCc1ccccc1)CCNC2/C=C/c1cc(Br)ccc1C. The molecule has 154 valence electrons. The molecule has 1 atom stereocenters. The molecule has 1 heterocycles. The topological polar surface area (TPSA) is 30.5 Å². The summed E-state index contributed by atoms with van der Waals surface area (Å²) in [7, 11) is 1.70. The summed E-state index contributed by atoms with van der Waals surface area (Å²) in [6.07, 6.45) is 5.40.